The van der Waals surface area contributed by atoms with E-state index in [-0.39, 0.29) is 6.04 Å². The molecule has 1 atom stereocenters. The van der Waals surface area contributed by atoms with Gasteiger partial charge in [0.2, 0.25) is 0 Å². The Bertz CT molecular complexity index is 624. The molecule has 0 saturated heterocycles. The molecule has 0 bridgehead atoms. The number of nitrogens with two attached hydrogens (primary N) is 1. The minimum atomic E-state index is -0.177. The lowest BCUT2D eigenvalue weighted by molar-refractivity contribution is 0.356. The zero-order chi connectivity index (χ0) is 14.1. The summed E-state index contributed by atoms with van der Waals surface area (Å²) in [6, 6.07) is 5.95. The molecule has 2 heterocycles. The fourth-order valence-corrected chi connectivity index (χ4v) is 2.63. The van der Waals surface area contributed by atoms with Gasteiger partial charge >= 0.3 is 0 Å². The van der Waals surface area contributed by atoms with Gasteiger partial charge in [0.05, 0.1) is 26.0 Å². The average molecular weight is 274 g/mol. The topological polar surface area (TPSA) is 74.3 Å². The highest BCUT2D eigenvalue weighted by Gasteiger charge is 2.23. The number of aromatic nitrogens is 2. The second kappa shape index (κ2) is 5.15. The number of methoxy groups -OCH3 is 1. The van der Waals surface area contributed by atoms with E-state index in [0.717, 1.165) is 30.0 Å². The van der Waals surface area contributed by atoms with Gasteiger partial charge in [-0.1, -0.05) is 6.07 Å². The van der Waals surface area contributed by atoms with E-state index in [2.05, 4.69) is 16.6 Å². The molecule has 0 spiro atoms. The van der Waals surface area contributed by atoms with Gasteiger partial charge < -0.3 is 9.47 Å². The lowest BCUT2D eigenvalue weighted by Gasteiger charge is -2.18. The van der Waals surface area contributed by atoms with Crippen LogP contribution >= 0.6 is 0 Å². The van der Waals surface area contributed by atoms with Gasteiger partial charge in [-0.25, -0.2) is 5.43 Å². The average Bonchev–Trinajstić information content (AvgIpc) is 3.07. The highest BCUT2D eigenvalue weighted by Crippen LogP contribution is 2.33. The molecule has 0 fully saturated rings. The molecular weight excluding hydrogens is 256 g/mol. The van der Waals surface area contributed by atoms with Crippen LogP contribution in [0, 0.1) is 0 Å². The maximum absolute atomic E-state index is 5.76. The summed E-state index contributed by atoms with van der Waals surface area (Å²) in [5.74, 6) is 7.43. The van der Waals surface area contributed by atoms with Crippen LogP contribution in [0.3, 0.4) is 0 Å². The molecule has 0 saturated carbocycles. The number of rotatable bonds is 4. The minimum Gasteiger partial charge on any atom is -0.493 e. The van der Waals surface area contributed by atoms with E-state index in [1.54, 1.807) is 18.0 Å². The Morgan fingerprint density at radius 3 is 3.10 bits per heavy atom. The molecule has 6 nitrogen and oxygen atoms in total. The molecule has 1 aliphatic heterocycles. The van der Waals surface area contributed by atoms with Crippen LogP contribution < -0.4 is 20.7 Å². The summed E-state index contributed by atoms with van der Waals surface area (Å²) in [6.07, 6.45) is 2.62. The molecule has 3 N–H and O–H groups in total. The third-order valence-electron chi connectivity index (χ3n) is 3.66. The van der Waals surface area contributed by atoms with Crippen molar-refractivity contribution in [3.8, 4) is 11.5 Å². The number of benzene rings is 1. The fourth-order valence-electron chi connectivity index (χ4n) is 2.63. The maximum atomic E-state index is 5.76. The van der Waals surface area contributed by atoms with E-state index < -0.39 is 0 Å². The Balaban J connectivity index is 2.03. The third-order valence-corrected chi connectivity index (χ3v) is 3.66. The summed E-state index contributed by atoms with van der Waals surface area (Å²) in [7, 11) is 3.50. The van der Waals surface area contributed by atoms with Gasteiger partial charge in [0.15, 0.2) is 5.75 Å². The predicted octanol–water partition coefficient (Wildman–Crippen LogP) is 0.916. The van der Waals surface area contributed by atoms with Crippen LogP contribution in [0.2, 0.25) is 0 Å². The zero-order valence-corrected chi connectivity index (χ0v) is 11.6. The Labute approximate surface area is 117 Å². The molecule has 1 aromatic carbocycles. The normalized spacial score (nSPS) is 14.8. The van der Waals surface area contributed by atoms with E-state index in [9.17, 15) is 0 Å². The number of fused-ring (bicyclic) bond motifs is 1. The van der Waals surface area contributed by atoms with Crippen molar-refractivity contribution < 1.29 is 9.47 Å². The maximum Gasteiger partial charge on any atom is 0.161 e. The second-order valence-electron chi connectivity index (χ2n) is 4.79. The Morgan fingerprint density at radius 2 is 2.35 bits per heavy atom. The SMILES string of the molecule is COc1cnn(C)c1C(NN)c1ccc2c(c1)CCO2. The quantitative estimate of drug-likeness (QED) is 0.640. The van der Waals surface area contributed by atoms with Gasteiger partial charge in [-0.15, -0.1) is 0 Å². The molecule has 1 aromatic heterocycles. The Hall–Kier alpha value is -2.05. The molecule has 20 heavy (non-hydrogen) atoms. The number of ether oxygens (including phenoxy) is 2. The molecule has 1 unspecified atom stereocenters. The van der Waals surface area contributed by atoms with E-state index in [1.165, 1.54) is 5.56 Å². The first kappa shape index (κ1) is 13.0. The number of hydrazine groups is 1. The van der Waals surface area contributed by atoms with Crippen LogP contribution in [0.5, 0.6) is 11.5 Å². The summed E-state index contributed by atoms with van der Waals surface area (Å²) in [5, 5.41) is 4.23. The molecule has 0 amide bonds. The van der Waals surface area contributed by atoms with Crippen molar-refractivity contribution in [3.05, 3.63) is 41.2 Å². The van der Waals surface area contributed by atoms with Crippen LogP contribution in [0.1, 0.15) is 22.9 Å². The predicted molar refractivity (Wildman–Crippen MR) is 74.6 cm³/mol. The van der Waals surface area contributed by atoms with Gasteiger partial charge in [0.1, 0.15) is 11.4 Å². The van der Waals surface area contributed by atoms with Gasteiger partial charge in [-0.3, -0.25) is 10.5 Å². The Kier molecular flexibility index (Phi) is 3.33. The number of nitrogens with one attached hydrogen (secondary N) is 1. The first-order chi connectivity index (χ1) is 9.74. The molecule has 106 valence electrons. The monoisotopic (exact) mass is 274 g/mol. The van der Waals surface area contributed by atoms with Crippen LogP contribution in [0.15, 0.2) is 24.4 Å². The van der Waals surface area contributed by atoms with Crippen molar-refractivity contribution in [2.75, 3.05) is 13.7 Å². The smallest absolute Gasteiger partial charge is 0.161 e. The lowest BCUT2D eigenvalue weighted by Crippen LogP contribution is -2.30. The molecular formula is C14H18N4O2. The van der Waals surface area contributed by atoms with Crippen molar-refractivity contribution in [3.63, 3.8) is 0 Å². The van der Waals surface area contributed by atoms with Crippen molar-refractivity contribution in [2.45, 2.75) is 12.5 Å². The van der Waals surface area contributed by atoms with Gasteiger partial charge in [-0.05, 0) is 23.3 Å². The van der Waals surface area contributed by atoms with Crippen molar-refractivity contribution >= 4 is 0 Å². The summed E-state index contributed by atoms with van der Waals surface area (Å²) in [5.41, 5.74) is 6.02. The summed E-state index contributed by atoms with van der Waals surface area (Å²) in [6.45, 7) is 0.745. The molecule has 1 aliphatic rings. The van der Waals surface area contributed by atoms with Crippen molar-refractivity contribution in [1.29, 1.82) is 0 Å². The first-order valence-electron chi connectivity index (χ1n) is 6.52. The number of hydrogen-bond acceptors (Lipinski definition) is 5. The van der Waals surface area contributed by atoms with Gasteiger partial charge in [-0.2, -0.15) is 5.10 Å². The molecule has 3 rings (SSSR count). The summed E-state index contributed by atoms with van der Waals surface area (Å²) >= 11 is 0. The van der Waals surface area contributed by atoms with Crippen LogP contribution in [-0.2, 0) is 13.5 Å². The van der Waals surface area contributed by atoms with Gasteiger partial charge in [0.25, 0.3) is 0 Å². The van der Waals surface area contributed by atoms with E-state index in [4.69, 9.17) is 15.3 Å². The van der Waals surface area contributed by atoms with E-state index >= 15 is 0 Å². The number of hydrogen-bond donors (Lipinski definition) is 2. The number of aryl methyl sites for hydroxylation is 1. The third kappa shape index (κ3) is 2.03. The lowest BCUT2D eigenvalue weighted by atomic mass is 10.00. The summed E-state index contributed by atoms with van der Waals surface area (Å²) < 4.78 is 12.7. The largest absolute Gasteiger partial charge is 0.493 e. The van der Waals surface area contributed by atoms with Crippen LogP contribution in [-0.4, -0.2) is 23.5 Å². The van der Waals surface area contributed by atoms with E-state index in [0.29, 0.717) is 5.75 Å². The highest BCUT2D eigenvalue weighted by atomic mass is 16.5. The second-order valence-corrected chi connectivity index (χ2v) is 4.79. The number of nitrogens with zero attached hydrogens (tertiary/aromatic N) is 2. The minimum absolute atomic E-state index is 0.177. The van der Waals surface area contributed by atoms with E-state index in [1.807, 2.05) is 19.2 Å². The Morgan fingerprint density at radius 1 is 1.50 bits per heavy atom. The molecule has 2 aromatic rings. The highest BCUT2D eigenvalue weighted by molar-refractivity contribution is 5.44. The van der Waals surface area contributed by atoms with Crippen molar-refractivity contribution in [2.24, 2.45) is 12.9 Å². The molecule has 0 aliphatic carbocycles. The van der Waals surface area contributed by atoms with Crippen LogP contribution in [0.4, 0.5) is 0 Å². The summed E-state index contributed by atoms with van der Waals surface area (Å²) in [4.78, 5) is 0. The standard InChI is InChI=1S/C14H18N4O2/c1-18-14(12(19-2)8-16-18)13(17-15)10-3-4-11-9(7-10)5-6-20-11/h3-4,7-8,13,17H,5-6,15H2,1-2H3. The molecule has 0 radical (unpaired) electrons. The van der Waals surface area contributed by atoms with Gasteiger partial charge in [0, 0.05) is 13.5 Å². The van der Waals surface area contributed by atoms with Crippen molar-refractivity contribution in [1.82, 2.24) is 15.2 Å². The first-order valence-corrected chi connectivity index (χ1v) is 6.52. The zero-order valence-electron chi connectivity index (χ0n) is 11.6. The fraction of sp³-hybridized carbons (Fsp3) is 0.357. The van der Waals surface area contributed by atoms with Crippen LogP contribution in [0.25, 0.3) is 0 Å². The molecule has 6 heteroatoms.